The molecule has 1 atom stereocenters. The maximum Gasteiger partial charge on any atom is 0.264 e. The summed E-state index contributed by atoms with van der Waals surface area (Å²) in [4.78, 5) is 14.8. The van der Waals surface area contributed by atoms with Gasteiger partial charge in [0.2, 0.25) is 0 Å². The van der Waals surface area contributed by atoms with E-state index >= 15 is 0 Å². The summed E-state index contributed by atoms with van der Waals surface area (Å²) in [6.07, 6.45) is 0. The lowest BCUT2D eigenvalue weighted by Gasteiger charge is -2.29. The number of aromatic hydroxyl groups is 2. The van der Waals surface area contributed by atoms with Crippen molar-refractivity contribution in [3.05, 3.63) is 63.4 Å². The van der Waals surface area contributed by atoms with Crippen LogP contribution in [0.3, 0.4) is 0 Å². The molecule has 9 heteroatoms. The number of phenols is 2. The number of rotatable bonds is 5. The highest BCUT2D eigenvalue weighted by Crippen LogP contribution is 2.47. The predicted octanol–water partition coefficient (Wildman–Crippen LogP) is 3.46. The van der Waals surface area contributed by atoms with E-state index in [0.29, 0.717) is 28.8 Å². The predicted molar refractivity (Wildman–Crippen MR) is 122 cm³/mol. The molecule has 1 amide bonds. The minimum Gasteiger partial charge on any atom is -0.508 e. The zero-order valence-electron chi connectivity index (χ0n) is 16.6. The molecule has 2 aromatic rings. The van der Waals surface area contributed by atoms with Gasteiger partial charge in [-0.2, -0.15) is 5.26 Å². The van der Waals surface area contributed by atoms with E-state index in [0.717, 1.165) is 24.3 Å². The number of thioether (sulfide) groups is 2. The molecule has 2 aliphatic rings. The fraction of sp³-hybridized carbons (Fsp3) is 0.273. The number of phenolic OH excluding ortho intramolecular Hbond substituents is 2. The second-order valence-electron chi connectivity index (χ2n) is 7.05. The average Bonchev–Trinajstić information content (AvgIpc) is 2.79. The Morgan fingerprint density at radius 2 is 2.03 bits per heavy atom. The Labute approximate surface area is 188 Å². The highest BCUT2D eigenvalue weighted by Gasteiger charge is 2.30. The van der Waals surface area contributed by atoms with Crippen molar-refractivity contribution in [1.82, 2.24) is 5.32 Å². The van der Waals surface area contributed by atoms with E-state index in [1.165, 1.54) is 41.7 Å². The fourth-order valence-electron chi connectivity index (χ4n) is 3.39. The van der Waals surface area contributed by atoms with Crippen molar-refractivity contribution in [3.63, 3.8) is 0 Å². The summed E-state index contributed by atoms with van der Waals surface area (Å²) in [6, 6.07) is 14.4. The molecule has 0 radical (unpaired) electrons. The van der Waals surface area contributed by atoms with Crippen LogP contribution in [0.5, 0.6) is 11.5 Å². The first-order chi connectivity index (χ1) is 15.0. The largest absolute Gasteiger partial charge is 0.508 e. The van der Waals surface area contributed by atoms with Crippen molar-refractivity contribution in [2.75, 3.05) is 31.2 Å². The summed E-state index contributed by atoms with van der Waals surface area (Å²) >= 11 is 2.71. The van der Waals surface area contributed by atoms with Crippen LogP contribution in [0.1, 0.15) is 16.5 Å². The number of carbonyl (C=O) groups is 1. The number of hydrogen-bond acceptors (Lipinski definition) is 8. The number of carbonyl (C=O) groups excluding carboxylic acids is 1. The standard InChI is InChI=1S/C22H21N3O4S2/c23-12-18-20(28)24-21(17-11-16(26)4-5-19(17)27)31-22(18)30-13-14-2-1-3-15(10-14)25-6-8-29-9-7-25/h1-5,10-11,21,26-27H,6-9,13H2,(H,24,28). The van der Waals surface area contributed by atoms with Gasteiger partial charge in [0, 0.05) is 30.1 Å². The summed E-state index contributed by atoms with van der Waals surface area (Å²) < 4.78 is 6.01. The molecule has 1 fully saturated rings. The van der Waals surface area contributed by atoms with Crippen molar-refractivity contribution in [2.45, 2.75) is 11.1 Å². The van der Waals surface area contributed by atoms with E-state index in [4.69, 9.17) is 4.74 Å². The van der Waals surface area contributed by atoms with Crippen LogP contribution in [0.4, 0.5) is 5.69 Å². The van der Waals surface area contributed by atoms with Crippen LogP contribution >= 0.6 is 23.5 Å². The lowest BCUT2D eigenvalue weighted by Crippen LogP contribution is -2.36. The number of ether oxygens (including phenoxy) is 1. The van der Waals surface area contributed by atoms with E-state index < -0.39 is 11.3 Å². The molecule has 2 aromatic carbocycles. The Kier molecular flexibility index (Phi) is 6.61. The summed E-state index contributed by atoms with van der Waals surface area (Å²) in [7, 11) is 0. The quantitative estimate of drug-likeness (QED) is 0.589. The molecule has 2 aliphatic heterocycles. The number of nitrogens with one attached hydrogen (secondary N) is 1. The van der Waals surface area contributed by atoms with Gasteiger partial charge in [-0.05, 0) is 35.9 Å². The fourth-order valence-corrected chi connectivity index (χ4v) is 5.84. The number of nitrogens with zero attached hydrogens (tertiary/aromatic N) is 2. The van der Waals surface area contributed by atoms with Crippen LogP contribution in [0.15, 0.2) is 52.3 Å². The Balaban J connectivity index is 1.52. The third-order valence-electron chi connectivity index (χ3n) is 4.98. The van der Waals surface area contributed by atoms with Crippen LogP contribution in [-0.4, -0.2) is 42.4 Å². The first-order valence-electron chi connectivity index (χ1n) is 9.73. The lowest BCUT2D eigenvalue weighted by molar-refractivity contribution is -0.117. The summed E-state index contributed by atoms with van der Waals surface area (Å²) in [5.41, 5.74) is 2.67. The summed E-state index contributed by atoms with van der Waals surface area (Å²) in [5, 5.41) is 31.6. The third kappa shape index (κ3) is 4.93. The van der Waals surface area contributed by atoms with E-state index in [9.17, 15) is 20.3 Å². The Morgan fingerprint density at radius 1 is 1.23 bits per heavy atom. The number of anilines is 1. The van der Waals surface area contributed by atoms with Crippen LogP contribution < -0.4 is 10.2 Å². The minimum atomic E-state index is -0.598. The van der Waals surface area contributed by atoms with Crippen molar-refractivity contribution >= 4 is 35.1 Å². The molecule has 0 spiro atoms. The average molecular weight is 456 g/mol. The number of morpholine rings is 1. The van der Waals surface area contributed by atoms with Gasteiger partial charge in [0.25, 0.3) is 5.91 Å². The number of hydrogen-bond donors (Lipinski definition) is 3. The molecule has 0 saturated carbocycles. The molecule has 3 N–H and O–H groups in total. The zero-order valence-corrected chi connectivity index (χ0v) is 18.2. The molecule has 1 saturated heterocycles. The molecule has 4 rings (SSSR count). The molecule has 1 unspecified atom stereocenters. The Bertz CT molecular complexity index is 1060. The smallest absolute Gasteiger partial charge is 0.264 e. The van der Waals surface area contributed by atoms with Gasteiger partial charge >= 0.3 is 0 Å². The van der Waals surface area contributed by atoms with Gasteiger partial charge < -0.3 is 25.2 Å². The second-order valence-corrected chi connectivity index (χ2v) is 9.41. The van der Waals surface area contributed by atoms with E-state index in [1.807, 2.05) is 18.2 Å². The summed E-state index contributed by atoms with van der Waals surface area (Å²) in [5.74, 6) is 0.0709. The monoisotopic (exact) mass is 455 g/mol. The van der Waals surface area contributed by atoms with Crippen LogP contribution in [0, 0.1) is 11.3 Å². The normalized spacial score (nSPS) is 19.1. The topological polar surface area (TPSA) is 106 Å². The van der Waals surface area contributed by atoms with Gasteiger partial charge in [0.15, 0.2) is 0 Å². The van der Waals surface area contributed by atoms with E-state index in [-0.39, 0.29) is 17.1 Å². The molecule has 160 valence electrons. The van der Waals surface area contributed by atoms with Crippen molar-refractivity contribution in [1.29, 1.82) is 5.26 Å². The van der Waals surface area contributed by atoms with E-state index in [1.54, 1.807) is 0 Å². The van der Waals surface area contributed by atoms with Crippen LogP contribution in [0.2, 0.25) is 0 Å². The Hall–Kier alpha value is -2.80. The van der Waals surface area contributed by atoms with Gasteiger partial charge in [-0.3, -0.25) is 4.79 Å². The number of nitriles is 1. The molecular formula is C22H21N3O4S2. The Morgan fingerprint density at radius 3 is 2.81 bits per heavy atom. The zero-order chi connectivity index (χ0) is 21.8. The minimum absolute atomic E-state index is 0.00756. The van der Waals surface area contributed by atoms with Crippen molar-refractivity contribution in [2.24, 2.45) is 0 Å². The number of benzene rings is 2. The number of amides is 1. The van der Waals surface area contributed by atoms with Crippen LogP contribution in [-0.2, 0) is 15.3 Å². The van der Waals surface area contributed by atoms with Crippen LogP contribution in [0.25, 0.3) is 0 Å². The first kappa shape index (κ1) is 21.4. The van der Waals surface area contributed by atoms with E-state index in [2.05, 4.69) is 22.3 Å². The van der Waals surface area contributed by atoms with Gasteiger partial charge in [-0.25, -0.2) is 0 Å². The molecular weight excluding hydrogens is 434 g/mol. The van der Waals surface area contributed by atoms with Gasteiger partial charge in [0.1, 0.15) is 28.5 Å². The lowest BCUT2D eigenvalue weighted by atomic mass is 10.1. The van der Waals surface area contributed by atoms with Gasteiger partial charge in [-0.1, -0.05) is 23.9 Å². The third-order valence-corrected chi connectivity index (χ3v) is 7.59. The highest BCUT2D eigenvalue weighted by molar-refractivity contribution is 8.22. The summed E-state index contributed by atoms with van der Waals surface area (Å²) in [6.45, 7) is 3.13. The van der Waals surface area contributed by atoms with Crippen molar-refractivity contribution < 1.29 is 19.7 Å². The highest BCUT2D eigenvalue weighted by atomic mass is 32.2. The van der Waals surface area contributed by atoms with Gasteiger partial charge in [-0.15, -0.1) is 11.8 Å². The first-order valence-corrected chi connectivity index (χ1v) is 11.6. The second kappa shape index (κ2) is 9.56. The SMILES string of the molecule is N#CC1=C(SCc2cccc(N3CCOCC3)c2)SC(c2cc(O)ccc2O)NC1=O. The molecule has 0 aromatic heterocycles. The van der Waals surface area contributed by atoms with Gasteiger partial charge in [0.05, 0.1) is 17.5 Å². The van der Waals surface area contributed by atoms with Crippen molar-refractivity contribution in [3.8, 4) is 17.6 Å². The molecule has 0 aliphatic carbocycles. The maximum atomic E-state index is 12.5. The molecule has 0 bridgehead atoms. The molecule has 7 nitrogen and oxygen atoms in total. The molecule has 2 heterocycles. The maximum absolute atomic E-state index is 12.5. The molecule has 31 heavy (non-hydrogen) atoms.